The van der Waals surface area contributed by atoms with Crippen molar-refractivity contribution in [3.8, 4) is 0 Å². The fourth-order valence-corrected chi connectivity index (χ4v) is 3.49. The summed E-state index contributed by atoms with van der Waals surface area (Å²) in [7, 11) is 2.21. The summed E-state index contributed by atoms with van der Waals surface area (Å²) < 4.78 is 0. The largest absolute Gasteiger partial charge is 0.347 e. The third-order valence-electron chi connectivity index (χ3n) is 4.52. The first-order valence-electron chi connectivity index (χ1n) is 7.80. The van der Waals surface area contributed by atoms with Gasteiger partial charge < -0.3 is 9.80 Å². The van der Waals surface area contributed by atoms with Gasteiger partial charge >= 0.3 is 0 Å². The van der Waals surface area contributed by atoms with Crippen molar-refractivity contribution in [2.75, 3.05) is 31.6 Å². The molecule has 2 aliphatic heterocycles. The highest BCUT2D eigenvalue weighted by Gasteiger charge is 2.32. The topological polar surface area (TPSA) is 19.4 Å². The molecule has 0 N–H and O–H groups in total. The minimum Gasteiger partial charge on any atom is -0.347 e. The van der Waals surface area contributed by atoms with Crippen LogP contribution in [0.2, 0.25) is 0 Å². The average Bonchev–Trinajstić information content (AvgIpc) is 2.71. The number of hydrogen-bond acceptors (Lipinski definition) is 3. The van der Waals surface area contributed by atoms with Crippen LogP contribution in [0.25, 0.3) is 0 Å². The lowest BCUT2D eigenvalue weighted by atomic mass is 9.96. The number of nitrogens with zero attached hydrogens (tertiary/aromatic N) is 3. The molecular formula is C19H23N3. The lowest BCUT2D eigenvalue weighted by molar-refractivity contribution is 0.268. The zero-order chi connectivity index (χ0) is 15.5. The van der Waals surface area contributed by atoms with Gasteiger partial charge in [0.15, 0.2) is 0 Å². The molecule has 1 fully saturated rings. The van der Waals surface area contributed by atoms with E-state index in [9.17, 15) is 0 Å². The summed E-state index contributed by atoms with van der Waals surface area (Å²) in [6.45, 7) is 9.24. The number of aromatic nitrogens is 1. The normalized spacial score (nSPS) is 19.9. The van der Waals surface area contributed by atoms with E-state index in [4.69, 9.17) is 0 Å². The Morgan fingerprint density at radius 2 is 1.82 bits per heavy atom. The van der Waals surface area contributed by atoms with Gasteiger partial charge in [-0.2, -0.15) is 0 Å². The highest BCUT2D eigenvalue weighted by molar-refractivity contribution is 5.56. The number of piperazine rings is 1. The highest BCUT2D eigenvalue weighted by atomic mass is 15.3. The quantitative estimate of drug-likeness (QED) is 0.695. The van der Waals surface area contributed by atoms with Gasteiger partial charge in [-0.3, -0.25) is 0 Å². The molecule has 0 bridgehead atoms. The molecule has 1 saturated heterocycles. The third kappa shape index (κ3) is 2.53. The number of rotatable bonds is 0. The van der Waals surface area contributed by atoms with Gasteiger partial charge in [0, 0.05) is 32.3 Å². The highest BCUT2D eigenvalue weighted by Crippen LogP contribution is 2.37. The second-order valence-electron chi connectivity index (χ2n) is 5.83. The van der Waals surface area contributed by atoms with Crippen LogP contribution in [0.3, 0.4) is 0 Å². The van der Waals surface area contributed by atoms with Gasteiger partial charge in [0.25, 0.3) is 0 Å². The summed E-state index contributed by atoms with van der Waals surface area (Å²) in [4.78, 5) is 9.60. The van der Waals surface area contributed by atoms with Crippen molar-refractivity contribution < 1.29 is 0 Å². The Balaban J connectivity index is 0.000000693. The van der Waals surface area contributed by atoms with E-state index in [-0.39, 0.29) is 0 Å². The summed E-state index contributed by atoms with van der Waals surface area (Å²) in [5, 5.41) is 0. The van der Waals surface area contributed by atoms with E-state index in [2.05, 4.69) is 71.4 Å². The van der Waals surface area contributed by atoms with Crippen LogP contribution in [0.1, 0.15) is 22.7 Å². The number of likely N-dealkylation sites (N-methyl/N-ethyl adjacent to an activating group) is 1. The molecule has 2 aromatic rings. The van der Waals surface area contributed by atoms with E-state index >= 15 is 0 Å². The van der Waals surface area contributed by atoms with Crippen molar-refractivity contribution in [3.05, 3.63) is 72.4 Å². The molecule has 3 heterocycles. The Labute approximate surface area is 132 Å². The summed E-state index contributed by atoms with van der Waals surface area (Å²) in [6, 6.07) is 13.6. The number of anilines is 1. The van der Waals surface area contributed by atoms with Crippen molar-refractivity contribution >= 4 is 5.82 Å². The molecule has 0 spiro atoms. The van der Waals surface area contributed by atoms with Gasteiger partial charge in [-0.05, 0) is 29.8 Å². The van der Waals surface area contributed by atoms with Gasteiger partial charge in [-0.1, -0.05) is 30.3 Å². The van der Waals surface area contributed by atoms with Crippen LogP contribution in [0.15, 0.2) is 55.8 Å². The Morgan fingerprint density at radius 3 is 2.68 bits per heavy atom. The molecular weight excluding hydrogens is 270 g/mol. The van der Waals surface area contributed by atoms with Gasteiger partial charge in [0.05, 0.1) is 6.04 Å². The smallest absolute Gasteiger partial charge is 0.132 e. The molecule has 4 rings (SSSR count). The molecule has 0 unspecified atom stereocenters. The molecule has 22 heavy (non-hydrogen) atoms. The molecule has 3 nitrogen and oxygen atoms in total. The van der Waals surface area contributed by atoms with Crippen LogP contribution >= 0.6 is 0 Å². The molecule has 0 aliphatic carbocycles. The summed E-state index contributed by atoms with van der Waals surface area (Å²) in [5.41, 5.74) is 4.27. The predicted molar refractivity (Wildman–Crippen MR) is 92.3 cm³/mol. The predicted octanol–water partition coefficient (Wildman–Crippen LogP) is 3.28. The summed E-state index contributed by atoms with van der Waals surface area (Å²) in [6.07, 6.45) is 2.92. The fourth-order valence-electron chi connectivity index (χ4n) is 3.49. The first-order valence-corrected chi connectivity index (χ1v) is 7.80. The van der Waals surface area contributed by atoms with Gasteiger partial charge in [0.2, 0.25) is 0 Å². The SMILES string of the molecule is C=C.CN1CCN2c3ncccc3Cc3ccccc3[C@H]2C1. The number of benzene rings is 1. The van der Waals surface area contributed by atoms with Crippen LogP contribution < -0.4 is 4.90 Å². The van der Waals surface area contributed by atoms with Crippen molar-refractivity contribution in [2.45, 2.75) is 12.5 Å². The second kappa shape index (κ2) is 6.32. The average molecular weight is 293 g/mol. The Kier molecular flexibility index (Phi) is 4.25. The number of hydrogen-bond donors (Lipinski definition) is 0. The minimum atomic E-state index is 0.432. The van der Waals surface area contributed by atoms with E-state index in [1.54, 1.807) is 0 Å². The summed E-state index contributed by atoms with van der Waals surface area (Å²) >= 11 is 0. The molecule has 114 valence electrons. The number of pyridine rings is 1. The van der Waals surface area contributed by atoms with Crippen LogP contribution in [0.4, 0.5) is 5.82 Å². The molecule has 1 aromatic heterocycles. The van der Waals surface area contributed by atoms with E-state index in [1.165, 1.54) is 22.5 Å². The van der Waals surface area contributed by atoms with Crippen molar-refractivity contribution in [1.82, 2.24) is 9.88 Å². The maximum atomic E-state index is 4.68. The fraction of sp³-hybridized carbons (Fsp3) is 0.316. The zero-order valence-electron chi connectivity index (χ0n) is 13.2. The maximum Gasteiger partial charge on any atom is 0.132 e. The maximum absolute atomic E-state index is 4.68. The van der Waals surface area contributed by atoms with Gasteiger partial charge in [-0.15, -0.1) is 13.2 Å². The van der Waals surface area contributed by atoms with Crippen LogP contribution in [0, 0.1) is 0 Å². The Bertz CT molecular complexity index is 653. The first-order chi connectivity index (χ1) is 10.8. The van der Waals surface area contributed by atoms with Crippen molar-refractivity contribution in [2.24, 2.45) is 0 Å². The Morgan fingerprint density at radius 1 is 1.05 bits per heavy atom. The zero-order valence-corrected chi connectivity index (χ0v) is 13.2. The van der Waals surface area contributed by atoms with Crippen LogP contribution in [-0.4, -0.2) is 36.6 Å². The Hall–Kier alpha value is -2.13. The lowest BCUT2D eigenvalue weighted by Gasteiger charge is -2.41. The van der Waals surface area contributed by atoms with Crippen LogP contribution in [-0.2, 0) is 6.42 Å². The summed E-state index contributed by atoms with van der Waals surface area (Å²) in [5.74, 6) is 1.18. The third-order valence-corrected chi connectivity index (χ3v) is 4.52. The second-order valence-corrected chi connectivity index (χ2v) is 5.83. The lowest BCUT2D eigenvalue weighted by Crippen LogP contribution is -2.47. The molecule has 1 atom stereocenters. The molecule has 3 heteroatoms. The molecule has 1 aromatic carbocycles. The molecule has 2 aliphatic rings. The monoisotopic (exact) mass is 293 g/mol. The van der Waals surface area contributed by atoms with E-state index in [0.29, 0.717) is 6.04 Å². The molecule has 0 amide bonds. The minimum absolute atomic E-state index is 0.432. The van der Waals surface area contributed by atoms with Crippen molar-refractivity contribution in [3.63, 3.8) is 0 Å². The van der Waals surface area contributed by atoms with E-state index in [1.807, 2.05) is 6.20 Å². The first kappa shape index (κ1) is 14.8. The molecule has 0 radical (unpaired) electrons. The number of fused-ring (bicyclic) bond motifs is 5. The molecule has 0 saturated carbocycles. The van der Waals surface area contributed by atoms with Gasteiger partial charge in [0.1, 0.15) is 5.82 Å². The van der Waals surface area contributed by atoms with Gasteiger partial charge in [-0.25, -0.2) is 4.98 Å². The van der Waals surface area contributed by atoms with E-state index < -0.39 is 0 Å². The van der Waals surface area contributed by atoms with Crippen LogP contribution in [0.5, 0.6) is 0 Å². The van der Waals surface area contributed by atoms with E-state index in [0.717, 1.165) is 26.1 Å². The standard InChI is InChI=1S/C17H19N3.C2H4/c1-19-9-10-20-16(12-19)15-7-3-2-5-13(15)11-14-6-4-8-18-17(14)20;1-2/h2-8,16H,9-12H2,1H3;1-2H2/t16-;/m1./s1. The van der Waals surface area contributed by atoms with Crippen molar-refractivity contribution in [1.29, 1.82) is 0 Å².